The van der Waals surface area contributed by atoms with Crippen molar-refractivity contribution < 1.29 is 0 Å². The smallest absolute Gasteiger partial charge is 0.0351 e. The second-order valence-electron chi connectivity index (χ2n) is 8.12. The van der Waals surface area contributed by atoms with Gasteiger partial charge in [0.1, 0.15) is 0 Å². The Morgan fingerprint density at radius 1 is 0.308 bits per heavy atom. The van der Waals surface area contributed by atoms with Crippen LogP contribution in [-0.2, 0) is 0 Å². The second-order valence-corrected chi connectivity index (χ2v) is 8.12. The van der Waals surface area contributed by atoms with Crippen LogP contribution in [0.5, 0.6) is 0 Å². The average Bonchev–Trinajstić information content (AvgIpc) is 2.66. The molecule has 0 aliphatic heterocycles. The van der Waals surface area contributed by atoms with Gasteiger partial charge in [0.25, 0.3) is 0 Å². The molecule has 0 aliphatic carbocycles. The van der Waals surface area contributed by atoms with Crippen LogP contribution in [0.2, 0.25) is 0 Å². The summed E-state index contributed by atoms with van der Waals surface area (Å²) in [6.07, 6.45) is 35.2. The zero-order valence-electron chi connectivity index (χ0n) is 18.1. The van der Waals surface area contributed by atoms with Gasteiger partial charge >= 0.3 is 0 Å². The van der Waals surface area contributed by atoms with Crippen LogP contribution in [0.4, 0.5) is 0 Å². The van der Waals surface area contributed by atoms with E-state index in [4.69, 9.17) is 0 Å². The van der Waals surface area contributed by atoms with Crippen molar-refractivity contribution in [3.05, 3.63) is 26.0 Å². The van der Waals surface area contributed by atoms with Crippen LogP contribution in [-0.4, -0.2) is 0 Å². The molecule has 0 aliphatic rings. The van der Waals surface area contributed by atoms with Gasteiger partial charge in [0.15, 0.2) is 0 Å². The van der Waals surface area contributed by atoms with Crippen LogP contribution in [0, 0.1) is 13.8 Å². The van der Waals surface area contributed by atoms with E-state index in [0.717, 1.165) is 12.8 Å². The van der Waals surface area contributed by atoms with Crippen molar-refractivity contribution in [1.82, 2.24) is 0 Å². The maximum absolute atomic E-state index is 3.91. The largest absolute Gasteiger partial charge is 0.0885 e. The maximum atomic E-state index is 3.91. The van der Waals surface area contributed by atoms with Crippen molar-refractivity contribution in [1.29, 1.82) is 0 Å². The topological polar surface area (TPSA) is 0 Å². The van der Waals surface area contributed by atoms with Gasteiger partial charge in [0.05, 0.1) is 0 Å². The molecule has 0 aromatic heterocycles. The molecule has 0 rings (SSSR count). The quantitative estimate of drug-likeness (QED) is 0.133. The minimum absolute atomic E-state index is 1.10. The lowest BCUT2D eigenvalue weighted by Gasteiger charge is -2.03. The van der Waals surface area contributed by atoms with Gasteiger partial charge in [0.2, 0.25) is 0 Å². The fourth-order valence-electron chi connectivity index (χ4n) is 3.59. The Labute approximate surface area is 167 Å². The Morgan fingerprint density at radius 2 is 0.538 bits per heavy atom. The van der Waals surface area contributed by atoms with Crippen LogP contribution >= 0.6 is 0 Å². The van der Waals surface area contributed by atoms with E-state index in [-0.39, 0.29) is 0 Å². The molecule has 0 aromatic carbocycles. The van der Waals surface area contributed by atoms with Crippen molar-refractivity contribution in [2.45, 2.75) is 141 Å². The molecule has 0 nitrogen and oxygen atoms in total. The molecular weight excluding hydrogens is 312 g/mol. The van der Waals surface area contributed by atoms with Crippen molar-refractivity contribution in [3.8, 4) is 0 Å². The van der Waals surface area contributed by atoms with E-state index in [2.05, 4.69) is 26.0 Å². The Balaban J connectivity index is 3.02. The first-order chi connectivity index (χ1) is 12.9. The van der Waals surface area contributed by atoms with Crippen molar-refractivity contribution >= 4 is 0 Å². The summed E-state index contributed by atoms with van der Waals surface area (Å²) in [6, 6.07) is 0. The first-order valence-electron chi connectivity index (χ1n) is 12.1. The first-order valence-corrected chi connectivity index (χ1v) is 12.1. The van der Waals surface area contributed by atoms with Gasteiger partial charge in [0, 0.05) is 0 Å². The molecule has 154 valence electrons. The molecule has 26 heavy (non-hydrogen) atoms. The van der Waals surface area contributed by atoms with E-state index >= 15 is 0 Å². The fraction of sp³-hybridized carbons (Fsp3) is 0.846. The number of allylic oxidation sites excluding steroid dienone is 2. The Morgan fingerprint density at radius 3 is 0.808 bits per heavy atom. The number of hydrogen-bond acceptors (Lipinski definition) is 0. The molecule has 0 spiro atoms. The lowest BCUT2D eigenvalue weighted by molar-refractivity contribution is 0.534. The van der Waals surface area contributed by atoms with Gasteiger partial charge in [-0.3, -0.25) is 0 Å². The molecule has 0 saturated carbocycles. The summed E-state index contributed by atoms with van der Waals surface area (Å²) >= 11 is 0. The van der Waals surface area contributed by atoms with Gasteiger partial charge in [-0.1, -0.05) is 142 Å². The Hall–Kier alpha value is -0.260. The molecular formula is C26H50. The first kappa shape index (κ1) is 25.7. The molecule has 0 saturated heterocycles. The molecule has 0 amide bonds. The summed E-state index contributed by atoms with van der Waals surface area (Å²) in [6.45, 7) is 7.80. The molecule has 2 radical (unpaired) electrons. The Bertz CT molecular complexity index is 253. The van der Waals surface area contributed by atoms with E-state index in [1.54, 1.807) is 0 Å². The highest BCUT2D eigenvalue weighted by atomic mass is 14.0. The number of unbranched alkanes of at least 4 members (excludes halogenated alkanes) is 20. The standard InChI is InChI=1S/C26H50/c1-3-5-7-9-11-13-15-17-19-21-23-25-26-24-22-20-18-16-14-12-10-8-6-4-2/h15,17H,1-14,16,18-26H2/b17-15+. The second kappa shape index (κ2) is 24.7. The van der Waals surface area contributed by atoms with Crippen LogP contribution in [0.15, 0.2) is 12.2 Å². The molecule has 0 heteroatoms. The summed E-state index contributed by atoms with van der Waals surface area (Å²) in [5.74, 6) is 0. The summed E-state index contributed by atoms with van der Waals surface area (Å²) in [5.41, 5.74) is 0. The Kier molecular flexibility index (Phi) is 24.5. The van der Waals surface area contributed by atoms with Crippen molar-refractivity contribution in [3.63, 3.8) is 0 Å². The number of hydrogen-bond donors (Lipinski definition) is 0. The molecule has 0 fully saturated rings. The summed E-state index contributed by atoms with van der Waals surface area (Å²) in [4.78, 5) is 0. The summed E-state index contributed by atoms with van der Waals surface area (Å²) < 4.78 is 0. The predicted molar refractivity (Wildman–Crippen MR) is 121 cm³/mol. The van der Waals surface area contributed by atoms with Crippen molar-refractivity contribution in [2.24, 2.45) is 0 Å². The van der Waals surface area contributed by atoms with E-state index in [0.29, 0.717) is 0 Å². The zero-order valence-corrected chi connectivity index (χ0v) is 18.1. The van der Waals surface area contributed by atoms with Crippen LogP contribution in [0.25, 0.3) is 0 Å². The van der Waals surface area contributed by atoms with Crippen LogP contribution in [0.3, 0.4) is 0 Å². The minimum Gasteiger partial charge on any atom is -0.0885 e. The van der Waals surface area contributed by atoms with Crippen LogP contribution in [0.1, 0.15) is 141 Å². The lowest BCUT2D eigenvalue weighted by Crippen LogP contribution is -1.83. The van der Waals surface area contributed by atoms with Gasteiger partial charge in [-0.15, -0.1) is 0 Å². The molecule has 0 atom stereocenters. The monoisotopic (exact) mass is 362 g/mol. The third kappa shape index (κ3) is 23.7. The highest BCUT2D eigenvalue weighted by molar-refractivity contribution is 4.81. The zero-order chi connectivity index (χ0) is 19.0. The maximum Gasteiger partial charge on any atom is -0.0351 e. The highest BCUT2D eigenvalue weighted by Gasteiger charge is 1.94. The van der Waals surface area contributed by atoms with Gasteiger partial charge in [-0.05, 0) is 25.7 Å². The SMILES string of the molecule is [CH2]CCCCCC/C=C/CCCCCCCCCCCCCCCC[CH2]. The van der Waals surface area contributed by atoms with E-state index in [1.807, 2.05) is 0 Å². The molecule has 0 heterocycles. The predicted octanol–water partition coefficient (Wildman–Crippen LogP) is 9.79. The summed E-state index contributed by atoms with van der Waals surface area (Å²) in [5, 5.41) is 0. The molecule has 0 N–H and O–H groups in total. The van der Waals surface area contributed by atoms with Gasteiger partial charge in [-0.25, -0.2) is 0 Å². The van der Waals surface area contributed by atoms with E-state index < -0.39 is 0 Å². The average molecular weight is 363 g/mol. The summed E-state index contributed by atoms with van der Waals surface area (Å²) in [7, 11) is 0. The van der Waals surface area contributed by atoms with Crippen molar-refractivity contribution in [2.75, 3.05) is 0 Å². The van der Waals surface area contributed by atoms with Gasteiger partial charge in [-0.2, -0.15) is 0 Å². The lowest BCUT2D eigenvalue weighted by atomic mass is 10.0. The van der Waals surface area contributed by atoms with Crippen LogP contribution < -0.4 is 0 Å². The molecule has 0 unspecified atom stereocenters. The highest BCUT2D eigenvalue weighted by Crippen LogP contribution is 2.14. The molecule has 0 bridgehead atoms. The fourth-order valence-corrected chi connectivity index (χ4v) is 3.59. The number of rotatable bonds is 22. The third-order valence-corrected chi connectivity index (χ3v) is 5.41. The van der Waals surface area contributed by atoms with E-state index in [1.165, 1.54) is 128 Å². The van der Waals surface area contributed by atoms with Gasteiger partial charge < -0.3 is 0 Å². The third-order valence-electron chi connectivity index (χ3n) is 5.41. The molecule has 0 aromatic rings. The van der Waals surface area contributed by atoms with E-state index in [9.17, 15) is 0 Å². The minimum atomic E-state index is 1.10. The normalized spacial score (nSPS) is 11.6.